The van der Waals surface area contributed by atoms with E-state index in [2.05, 4.69) is 12.2 Å². The minimum Gasteiger partial charge on any atom is -0.376 e. The molecule has 2 aliphatic rings. The number of nitrogens with one attached hydrogen (secondary N) is 1. The third-order valence-corrected chi connectivity index (χ3v) is 4.65. The first-order valence-electron chi connectivity index (χ1n) is 8.96. The van der Waals surface area contributed by atoms with Crippen molar-refractivity contribution in [2.24, 2.45) is 0 Å². The van der Waals surface area contributed by atoms with Gasteiger partial charge in [-0.15, -0.1) is 12.4 Å². The molecule has 0 aliphatic carbocycles. The van der Waals surface area contributed by atoms with Crippen molar-refractivity contribution in [3.05, 3.63) is 0 Å². The van der Waals surface area contributed by atoms with Crippen LogP contribution in [-0.4, -0.2) is 61.9 Å². The van der Waals surface area contributed by atoms with Gasteiger partial charge in [-0.3, -0.25) is 4.79 Å². The van der Waals surface area contributed by atoms with Gasteiger partial charge in [0.25, 0.3) is 5.91 Å². The molecule has 5 nitrogen and oxygen atoms in total. The molecule has 0 aromatic carbocycles. The third-order valence-electron chi connectivity index (χ3n) is 4.65. The van der Waals surface area contributed by atoms with Crippen LogP contribution in [-0.2, 0) is 14.3 Å². The van der Waals surface area contributed by atoms with Crippen LogP contribution in [0.2, 0.25) is 0 Å². The van der Waals surface area contributed by atoms with Crippen LogP contribution in [0.5, 0.6) is 0 Å². The highest BCUT2D eigenvalue weighted by Gasteiger charge is 2.29. The number of halogens is 1. The molecule has 2 aliphatic heterocycles. The Balaban J connectivity index is 0.00000264. The SMILES string of the molecule is CCCN(C(=O)C(C)OCC1CCCCO1)C1CCNCC1.Cl. The number of hydrogen-bond acceptors (Lipinski definition) is 4. The van der Waals surface area contributed by atoms with Gasteiger partial charge in [-0.1, -0.05) is 6.92 Å². The van der Waals surface area contributed by atoms with Gasteiger partial charge in [0.2, 0.25) is 0 Å². The number of ether oxygens (including phenoxy) is 2. The van der Waals surface area contributed by atoms with Gasteiger partial charge in [-0.25, -0.2) is 0 Å². The first-order valence-corrected chi connectivity index (χ1v) is 8.96. The van der Waals surface area contributed by atoms with Gasteiger partial charge in [0.15, 0.2) is 0 Å². The van der Waals surface area contributed by atoms with E-state index in [9.17, 15) is 4.79 Å². The van der Waals surface area contributed by atoms with Crippen LogP contribution in [0.1, 0.15) is 52.4 Å². The summed E-state index contributed by atoms with van der Waals surface area (Å²) in [6.07, 6.45) is 6.28. The lowest BCUT2D eigenvalue weighted by Crippen LogP contribution is -2.50. The number of amides is 1. The first-order chi connectivity index (χ1) is 10.7. The standard InChI is InChI=1S/C17H32N2O3.ClH/c1-3-11-19(15-7-9-18-10-8-15)17(20)14(2)22-13-16-6-4-5-12-21-16;/h14-16,18H,3-13H2,1-2H3;1H. The molecule has 0 bridgehead atoms. The topological polar surface area (TPSA) is 50.8 Å². The van der Waals surface area contributed by atoms with Crippen LogP contribution in [0.3, 0.4) is 0 Å². The molecule has 0 radical (unpaired) electrons. The second kappa shape index (κ2) is 11.2. The summed E-state index contributed by atoms with van der Waals surface area (Å²) in [7, 11) is 0. The molecule has 2 atom stereocenters. The van der Waals surface area contributed by atoms with Crippen molar-refractivity contribution < 1.29 is 14.3 Å². The van der Waals surface area contributed by atoms with Crippen LogP contribution >= 0.6 is 12.4 Å². The molecular weight excluding hydrogens is 316 g/mol. The molecule has 2 saturated heterocycles. The molecule has 23 heavy (non-hydrogen) atoms. The van der Waals surface area contributed by atoms with Crippen LogP contribution in [0, 0.1) is 0 Å². The van der Waals surface area contributed by atoms with Gasteiger partial charge in [-0.05, 0) is 58.5 Å². The summed E-state index contributed by atoms with van der Waals surface area (Å²) >= 11 is 0. The molecular formula is C17H33ClN2O3. The summed E-state index contributed by atoms with van der Waals surface area (Å²) in [6, 6.07) is 0.366. The van der Waals surface area contributed by atoms with Gasteiger partial charge in [0.1, 0.15) is 6.10 Å². The zero-order chi connectivity index (χ0) is 15.8. The van der Waals surface area contributed by atoms with Crippen LogP contribution in [0.25, 0.3) is 0 Å². The lowest BCUT2D eigenvalue weighted by atomic mass is 10.0. The number of rotatable bonds is 7. The summed E-state index contributed by atoms with van der Waals surface area (Å²) in [4.78, 5) is 14.8. The fraction of sp³-hybridized carbons (Fsp3) is 0.941. The van der Waals surface area contributed by atoms with Crippen LogP contribution < -0.4 is 5.32 Å². The average molecular weight is 349 g/mol. The Morgan fingerprint density at radius 1 is 1.30 bits per heavy atom. The highest BCUT2D eigenvalue weighted by atomic mass is 35.5. The zero-order valence-corrected chi connectivity index (χ0v) is 15.4. The number of hydrogen-bond donors (Lipinski definition) is 1. The Kier molecular flexibility index (Phi) is 10.1. The molecule has 1 amide bonds. The van der Waals surface area contributed by atoms with Crippen LogP contribution in [0.15, 0.2) is 0 Å². The van der Waals surface area contributed by atoms with E-state index in [-0.39, 0.29) is 30.5 Å². The first kappa shape index (κ1) is 20.7. The summed E-state index contributed by atoms with van der Waals surface area (Å²) in [5.41, 5.74) is 0. The van der Waals surface area contributed by atoms with E-state index in [1.165, 1.54) is 6.42 Å². The van der Waals surface area contributed by atoms with Crippen molar-refractivity contribution in [1.29, 1.82) is 0 Å². The molecule has 0 aromatic heterocycles. The summed E-state index contributed by atoms with van der Waals surface area (Å²) < 4.78 is 11.5. The van der Waals surface area contributed by atoms with Gasteiger partial charge in [-0.2, -0.15) is 0 Å². The Labute approximate surface area is 146 Å². The fourth-order valence-corrected chi connectivity index (χ4v) is 3.33. The predicted octanol–water partition coefficient (Wildman–Crippen LogP) is 2.37. The molecule has 0 spiro atoms. The van der Waals surface area contributed by atoms with Crippen molar-refractivity contribution in [3.8, 4) is 0 Å². The van der Waals surface area contributed by atoms with Crippen molar-refractivity contribution in [1.82, 2.24) is 10.2 Å². The lowest BCUT2D eigenvalue weighted by molar-refractivity contribution is -0.149. The van der Waals surface area contributed by atoms with E-state index in [0.29, 0.717) is 12.6 Å². The maximum absolute atomic E-state index is 12.7. The second-order valence-electron chi connectivity index (χ2n) is 6.48. The van der Waals surface area contributed by atoms with Crippen LogP contribution in [0.4, 0.5) is 0 Å². The Morgan fingerprint density at radius 3 is 2.65 bits per heavy atom. The van der Waals surface area contributed by atoms with E-state index in [1.807, 2.05) is 11.8 Å². The Morgan fingerprint density at radius 2 is 2.04 bits per heavy atom. The zero-order valence-electron chi connectivity index (χ0n) is 14.6. The van der Waals surface area contributed by atoms with E-state index >= 15 is 0 Å². The van der Waals surface area contributed by atoms with Crippen molar-refractivity contribution in [3.63, 3.8) is 0 Å². The van der Waals surface area contributed by atoms with E-state index in [4.69, 9.17) is 9.47 Å². The third kappa shape index (κ3) is 6.57. The van der Waals surface area contributed by atoms with Gasteiger partial charge >= 0.3 is 0 Å². The Hall–Kier alpha value is -0.360. The molecule has 2 heterocycles. The van der Waals surface area contributed by atoms with E-state index in [0.717, 1.165) is 58.3 Å². The molecule has 0 saturated carbocycles. The Bertz CT molecular complexity index is 332. The van der Waals surface area contributed by atoms with Crippen molar-refractivity contribution in [2.75, 3.05) is 32.8 Å². The summed E-state index contributed by atoms with van der Waals surface area (Å²) in [5, 5.41) is 3.36. The molecule has 1 N–H and O–H groups in total. The molecule has 0 aromatic rings. The van der Waals surface area contributed by atoms with Crippen molar-refractivity contribution in [2.45, 2.75) is 70.6 Å². The number of nitrogens with zero attached hydrogens (tertiary/aromatic N) is 1. The largest absolute Gasteiger partial charge is 0.376 e. The number of piperidine rings is 1. The quantitative estimate of drug-likeness (QED) is 0.767. The minimum atomic E-state index is -0.369. The monoisotopic (exact) mass is 348 g/mol. The highest BCUT2D eigenvalue weighted by Crippen LogP contribution is 2.17. The molecule has 2 rings (SSSR count). The number of carbonyl (C=O) groups excluding carboxylic acids is 1. The maximum atomic E-state index is 12.7. The van der Waals surface area contributed by atoms with Gasteiger partial charge in [0.05, 0.1) is 12.7 Å². The normalized spacial score (nSPS) is 23.8. The van der Waals surface area contributed by atoms with Crippen molar-refractivity contribution >= 4 is 18.3 Å². The van der Waals surface area contributed by atoms with Gasteiger partial charge in [0, 0.05) is 19.2 Å². The predicted molar refractivity (Wildman–Crippen MR) is 94.1 cm³/mol. The van der Waals surface area contributed by atoms with E-state index < -0.39 is 0 Å². The highest BCUT2D eigenvalue weighted by molar-refractivity contribution is 5.85. The second-order valence-corrected chi connectivity index (χ2v) is 6.48. The molecule has 6 heteroatoms. The lowest BCUT2D eigenvalue weighted by Gasteiger charge is -2.36. The minimum absolute atomic E-state index is 0. The summed E-state index contributed by atoms with van der Waals surface area (Å²) in [6.45, 7) is 8.22. The van der Waals surface area contributed by atoms with E-state index in [1.54, 1.807) is 0 Å². The summed E-state index contributed by atoms with van der Waals surface area (Å²) in [5.74, 6) is 0.143. The smallest absolute Gasteiger partial charge is 0.251 e. The fourth-order valence-electron chi connectivity index (χ4n) is 3.33. The average Bonchev–Trinajstić information content (AvgIpc) is 2.58. The number of carbonyl (C=O) groups is 1. The van der Waals surface area contributed by atoms with Gasteiger partial charge < -0.3 is 19.7 Å². The molecule has 136 valence electrons. The molecule has 2 fully saturated rings. The molecule has 2 unspecified atom stereocenters. The maximum Gasteiger partial charge on any atom is 0.251 e.